The molecule has 0 amide bonds. The Morgan fingerprint density at radius 2 is 0.667 bits per heavy atom. The SMILES string of the molecule is Nc1cccc2cc3ccccc3cc12.Nc1cccc2cc3ccccc3cc12. The summed E-state index contributed by atoms with van der Waals surface area (Å²) in [5.74, 6) is 0. The Balaban J connectivity index is 0.000000128. The molecule has 0 saturated heterocycles. The molecule has 2 heteroatoms. The third-order valence-corrected chi connectivity index (χ3v) is 5.56. The zero-order valence-corrected chi connectivity index (χ0v) is 16.5. The molecule has 6 aromatic rings. The first-order chi connectivity index (χ1) is 14.7. The molecule has 0 saturated carbocycles. The molecule has 0 fully saturated rings. The molecule has 0 radical (unpaired) electrons. The monoisotopic (exact) mass is 386 g/mol. The summed E-state index contributed by atoms with van der Waals surface area (Å²) >= 11 is 0. The fourth-order valence-corrected chi connectivity index (χ4v) is 3.98. The molecular formula is C28H22N2. The van der Waals surface area contributed by atoms with Gasteiger partial charge in [0.25, 0.3) is 0 Å². The number of hydrogen-bond acceptors (Lipinski definition) is 2. The second-order valence-corrected chi connectivity index (χ2v) is 7.54. The molecule has 0 atom stereocenters. The van der Waals surface area contributed by atoms with Crippen LogP contribution in [0.5, 0.6) is 0 Å². The summed E-state index contributed by atoms with van der Waals surface area (Å²) in [6.45, 7) is 0. The number of benzene rings is 6. The molecule has 0 aliphatic carbocycles. The minimum Gasteiger partial charge on any atom is -0.398 e. The minimum atomic E-state index is 0.846. The number of nitrogens with two attached hydrogens (primary N) is 2. The van der Waals surface area contributed by atoms with E-state index in [1.54, 1.807) is 0 Å². The maximum Gasteiger partial charge on any atom is 0.0393 e. The van der Waals surface area contributed by atoms with Gasteiger partial charge in [0.1, 0.15) is 0 Å². The Labute approximate surface area is 175 Å². The van der Waals surface area contributed by atoms with Gasteiger partial charge in [-0.2, -0.15) is 0 Å². The maximum atomic E-state index is 5.95. The normalized spacial score (nSPS) is 10.9. The lowest BCUT2D eigenvalue weighted by atomic mass is 10.0. The van der Waals surface area contributed by atoms with Gasteiger partial charge in [0.2, 0.25) is 0 Å². The first-order valence-electron chi connectivity index (χ1n) is 10.0. The molecule has 6 rings (SSSR count). The van der Waals surface area contributed by atoms with Gasteiger partial charge in [0.05, 0.1) is 0 Å². The molecule has 0 spiro atoms. The van der Waals surface area contributed by atoms with E-state index in [0.717, 1.165) is 22.1 Å². The van der Waals surface area contributed by atoms with Crippen molar-refractivity contribution in [1.29, 1.82) is 0 Å². The molecule has 6 aromatic carbocycles. The fraction of sp³-hybridized carbons (Fsp3) is 0. The average molecular weight is 386 g/mol. The van der Waals surface area contributed by atoms with E-state index in [0.29, 0.717) is 0 Å². The number of hydrogen-bond donors (Lipinski definition) is 2. The van der Waals surface area contributed by atoms with Crippen LogP contribution in [-0.4, -0.2) is 0 Å². The molecule has 0 bridgehead atoms. The number of fused-ring (bicyclic) bond motifs is 4. The molecule has 0 aliphatic heterocycles. The summed E-state index contributed by atoms with van der Waals surface area (Å²) in [5.41, 5.74) is 13.6. The Kier molecular flexibility index (Phi) is 4.45. The lowest BCUT2D eigenvalue weighted by Gasteiger charge is -2.04. The second kappa shape index (κ2) is 7.41. The van der Waals surface area contributed by atoms with E-state index < -0.39 is 0 Å². The van der Waals surface area contributed by atoms with Crippen molar-refractivity contribution < 1.29 is 0 Å². The van der Waals surface area contributed by atoms with Crippen LogP contribution in [0.25, 0.3) is 43.1 Å². The van der Waals surface area contributed by atoms with Crippen LogP contribution >= 0.6 is 0 Å². The first kappa shape index (κ1) is 18.0. The van der Waals surface area contributed by atoms with E-state index in [1.165, 1.54) is 32.3 Å². The zero-order valence-electron chi connectivity index (χ0n) is 16.5. The number of anilines is 2. The van der Waals surface area contributed by atoms with Gasteiger partial charge in [-0.1, -0.05) is 72.8 Å². The van der Waals surface area contributed by atoms with Gasteiger partial charge < -0.3 is 11.5 Å². The average Bonchev–Trinajstić information content (AvgIpc) is 2.78. The molecule has 30 heavy (non-hydrogen) atoms. The Hall–Kier alpha value is -4.04. The number of nitrogen functional groups attached to an aromatic ring is 2. The summed E-state index contributed by atoms with van der Waals surface area (Å²) in [5, 5.41) is 9.67. The van der Waals surface area contributed by atoms with Crippen LogP contribution < -0.4 is 11.5 Å². The largest absolute Gasteiger partial charge is 0.398 e. The van der Waals surface area contributed by atoms with Gasteiger partial charge in [-0.15, -0.1) is 0 Å². The molecule has 144 valence electrons. The second-order valence-electron chi connectivity index (χ2n) is 7.54. The van der Waals surface area contributed by atoms with Crippen molar-refractivity contribution >= 4 is 54.5 Å². The lowest BCUT2D eigenvalue weighted by Crippen LogP contribution is -1.86. The predicted octanol–water partition coefficient (Wildman–Crippen LogP) is 7.15. The van der Waals surface area contributed by atoms with Crippen LogP contribution in [0, 0.1) is 0 Å². The molecular weight excluding hydrogens is 364 g/mol. The minimum absolute atomic E-state index is 0.846. The van der Waals surface area contributed by atoms with Crippen LogP contribution in [0.4, 0.5) is 11.4 Å². The van der Waals surface area contributed by atoms with E-state index in [4.69, 9.17) is 11.5 Å². The van der Waals surface area contributed by atoms with Gasteiger partial charge in [-0.05, 0) is 68.7 Å². The van der Waals surface area contributed by atoms with E-state index in [1.807, 2.05) is 36.4 Å². The topological polar surface area (TPSA) is 52.0 Å². The molecule has 2 nitrogen and oxygen atoms in total. The molecule has 4 N–H and O–H groups in total. The molecule has 0 aromatic heterocycles. The highest BCUT2D eigenvalue weighted by molar-refractivity contribution is 6.04. The van der Waals surface area contributed by atoms with Gasteiger partial charge in [0.15, 0.2) is 0 Å². The van der Waals surface area contributed by atoms with Gasteiger partial charge in [0, 0.05) is 22.1 Å². The number of rotatable bonds is 0. The van der Waals surface area contributed by atoms with Crippen molar-refractivity contribution in [3.8, 4) is 0 Å². The van der Waals surface area contributed by atoms with Gasteiger partial charge in [-0.3, -0.25) is 0 Å². The Morgan fingerprint density at radius 1 is 0.333 bits per heavy atom. The standard InChI is InChI=1S/2C14H11N/c2*15-14-7-3-6-12-8-10-4-1-2-5-11(10)9-13(12)14/h2*1-9H,15H2. The van der Waals surface area contributed by atoms with Crippen molar-refractivity contribution in [3.05, 3.63) is 109 Å². The van der Waals surface area contributed by atoms with Crippen molar-refractivity contribution in [2.75, 3.05) is 11.5 Å². The highest BCUT2D eigenvalue weighted by Gasteiger charge is 2.00. The summed E-state index contributed by atoms with van der Waals surface area (Å²) in [6, 6.07) is 37.4. The van der Waals surface area contributed by atoms with Gasteiger partial charge >= 0.3 is 0 Å². The van der Waals surface area contributed by atoms with Crippen LogP contribution in [0.2, 0.25) is 0 Å². The Bertz CT molecular complexity index is 1400. The fourth-order valence-electron chi connectivity index (χ4n) is 3.98. The summed E-state index contributed by atoms with van der Waals surface area (Å²) in [6.07, 6.45) is 0. The van der Waals surface area contributed by atoms with Crippen molar-refractivity contribution in [2.45, 2.75) is 0 Å². The quantitative estimate of drug-likeness (QED) is 0.215. The smallest absolute Gasteiger partial charge is 0.0393 e. The Morgan fingerprint density at radius 3 is 1.07 bits per heavy atom. The molecule has 0 heterocycles. The van der Waals surface area contributed by atoms with E-state index >= 15 is 0 Å². The van der Waals surface area contributed by atoms with E-state index in [9.17, 15) is 0 Å². The first-order valence-corrected chi connectivity index (χ1v) is 10.0. The summed E-state index contributed by atoms with van der Waals surface area (Å²) in [4.78, 5) is 0. The summed E-state index contributed by atoms with van der Waals surface area (Å²) in [7, 11) is 0. The van der Waals surface area contributed by atoms with Crippen LogP contribution in [0.15, 0.2) is 109 Å². The van der Waals surface area contributed by atoms with Crippen molar-refractivity contribution in [3.63, 3.8) is 0 Å². The van der Waals surface area contributed by atoms with Crippen LogP contribution in [-0.2, 0) is 0 Å². The highest BCUT2D eigenvalue weighted by atomic mass is 14.6. The third kappa shape index (κ3) is 3.29. The van der Waals surface area contributed by atoms with Gasteiger partial charge in [-0.25, -0.2) is 0 Å². The molecule has 0 unspecified atom stereocenters. The highest BCUT2D eigenvalue weighted by Crippen LogP contribution is 2.27. The van der Waals surface area contributed by atoms with E-state index in [2.05, 4.69) is 72.8 Å². The van der Waals surface area contributed by atoms with Crippen LogP contribution in [0.3, 0.4) is 0 Å². The van der Waals surface area contributed by atoms with E-state index in [-0.39, 0.29) is 0 Å². The maximum absolute atomic E-state index is 5.95. The zero-order chi connectivity index (χ0) is 20.5. The van der Waals surface area contributed by atoms with Crippen LogP contribution in [0.1, 0.15) is 0 Å². The summed E-state index contributed by atoms with van der Waals surface area (Å²) < 4.78 is 0. The lowest BCUT2D eigenvalue weighted by molar-refractivity contribution is 1.74. The third-order valence-electron chi connectivity index (χ3n) is 5.56. The predicted molar refractivity (Wildman–Crippen MR) is 132 cm³/mol. The van der Waals surface area contributed by atoms with Crippen molar-refractivity contribution in [1.82, 2.24) is 0 Å². The molecule has 0 aliphatic rings. The van der Waals surface area contributed by atoms with Crippen molar-refractivity contribution in [2.24, 2.45) is 0 Å².